The average Bonchev–Trinajstić information content (AvgIpc) is 2.86. The Kier molecular flexibility index (Phi) is 1.93. The molecular formula is C12H11N3O. The van der Waals surface area contributed by atoms with Gasteiger partial charge in [0, 0.05) is 30.6 Å². The van der Waals surface area contributed by atoms with Gasteiger partial charge in [0.2, 0.25) is 0 Å². The monoisotopic (exact) mass is 213 g/mol. The topological polar surface area (TPSA) is 56.5 Å². The van der Waals surface area contributed by atoms with Crippen molar-refractivity contribution < 1.29 is 4.42 Å². The van der Waals surface area contributed by atoms with Crippen molar-refractivity contribution in [1.82, 2.24) is 9.38 Å². The highest BCUT2D eigenvalue weighted by molar-refractivity contribution is 5.52. The Morgan fingerprint density at radius 3 is 3.12 bits per heavy atom. The van der Waals surface area contributed by atoms with Gasteiger partial charge in [0.15, 0.2) is 0 Å². The summed E-state index contributed by atoms with van der Waals surface area (Å²) in [6.45, 7) is 0. The third kappa shape index (κ3) is 1.54. The van der Waals surface area contributed by atoms with Crippen molar-refractivity contribution >= 4 is 11.3 Å². The molecule has 3 aromatic rings. The van der Waals surface area contributed by atoms with Crippen LogP contribution in [0.15, 0.2) is 47.3 Å². The van der Waals surface area contributed by atoms with Crippen molar-refractivity contribution in [1.29, 1.82) is 0 Å². The van der Waals surface area contributed by atoms with E-state index in [2.05, 4.69) is 4.98 Å². The van der Waals surface area contributed by atoms with Crippen LogP contribution in [0.3, 0.4) is 0 Å². The summed E-state index contributed by atoms with van der Waals surface area (Å²) in [6, 6.07) is 7.53. The van der Waals surface area contributed by atoms with E-state index >= 15 is 0 Å². The molecule has 3 aromatic heterocycles. The Morgan fingerprint density at radius 1 is 1.38 bits per heavy atom. The van der Waals surface area contributed by atoms with Gasteiger partial charge in [0.25, 0.3) is 0 Å². The van der Waals surface area contributed by atoms with Gasteiger partial charge in [-0.25, -0.2) is 4.98 Å². The molecule has 0 saturated heterocycles. The fourth-order valence-electron chi connectivity index (χ4n) is 1.73. The van der Waals surface area contributed by atoms with Crippen LogP contribution in [0.2, 0.25) is 0 Å². The van der Waals surface area contributed by atoms with E-state index < -0.39 is 0 Å². The van der Waals surface area contributed by atoms with E-state index in [0.29, 0.717) is 6.42 Å². The number of furan rings is 1. The van der Waals surface area contributed by atoms with Crippen LogP contribution in [0.4, 0.5) is 5.69 Å². The molecule has 0 aliphatic carbocycles. The maximum absolute atomic E-state index is 5.70. The van der Waals surface area contributed by atoms with Crippen molar-refractivity contribution in [2.45, 2.75) is 6.42 Å². The molecule has 16 heavy (non-hydrogen) atoms. The number of anilines is 1. The predicted octanol–water partition coefficient (Wildman–Crippen LogP) is 2.10. The van der Waals surface area contributed by atoms with E-state index in [4.69, 9.17) is 10.2 Å². The zero-order chi connectivity index (χ0) is 11.0. The van der Waals surface area contributed by atoms with Crippen LogP contribution in [0, 0.1) is 0 Å². The van der Waals surface area contributed by atoms with Crippen LogP contribution in [0.5, 0.6) is 0 Å². The van der Waals surface area contributed by atoms with Gasteiger partial charge in [-0.15, -0.1) is 0 Å². The van der Waals surface area contributed by atoms with E-state index in [0.717, 1.165) is 22.8 Å². The van der Waals surface area contributed by atoms with Gasteiger partial charge >= 0.3 is 0 Å². The van der Waals surface area contributed by atoms with Gasteiger partial charge in [0.05, 0.1) is 12.0 Å². The molecule has 3 heterocycles. The molecule has 0 aliphatic heterocycles. The van der Waals surface area contributed by atoms with Gasteiger partial charge < -0.3 is 14.6 Å². The number of aromatic nitrogens is 2. The lowest BCUT2D eigenvalue weighted by atomic mass is 10.3. The predicted molar refractivity (Wildman–Crippen MR) is 61.1 cm³/mol. The summed E-state index contributed by atoms with van der Waals surface area (Å²) in [5.74, 6) is 0.913. The lowest BCUT2D eigenvalue weighted by Crippen LogP contribution is -1.87. The maximum Gasteiger partial charge on any atom is 0.139 e. The van der Waals surface area contributed by atoms with Gasteiger partial charge in [-0.05, 0) is 18.2 Å². The first-order chi connectivity index (χ1) is 7.81. The Hall–Kier alpha value is -2.23. The summed E-state index contributed by atoms with van der Waals surface area (Å²) >= 11 is 0. The number of nitrogens with two attached hydrogens (primary N) is 1. The number of hydrogen-bond acceptors (Lipinski definition) is 3. The van der Waals surface area contributed by atoms with Gasteiger partial charge in [-0.2, -0.15) is 0 Å². The molecule has 2 N–H and O–H groups in total. The second-order valence-corrected chi connectivity index (χ2v) is 3.71. The molecule has 80 valence electrons. The van der Waals surface area contributed by atoms with Crippen LogP contribution in [0.1, 0.15) is 11.5 Å². The minimum Gasteiger partial charge on any atom is -0.469 e. The van der Waals surface area contributed by atoms with Crippen LogP contribution in [-0.2, 0) is 6.42 Å². The second-order valence-electron chi connectivity index (χ2n) is 3.71. The van der Waals surface area contributed by atoms with Crippen molar-refractivity contribution in [3.63, 3.8) is 0 Å². The van der Waals surface area contributed by atoms with Crippen LogP contribution in [0.25, 0.3) is 5.65 Å². The van der Waals surface area contributed by atoms with E-state index in [9.17, 15) is 0 Å². The number of pyridine rings is 1. The molecule has 0 amide bonds. The number of hydrogen-bond donors (Lipinski definition) is 1. The van der Waals surface area contributed by atoms with Gasteiger partial charge in [-0.1, -0.05) is 0 Å². The Bertz CT molecular complexity index is 610. The molecule has 0 radical (unpaired) electrons. The smallest absolute Gasteiger partial charge is 0.139 e. The molecule has 0 spiro atoms. The lowest BCUT2D eigenvalue weighted by molar-refractivity contribution is 0.519. The molecular weight excluding hydrogens is 202 g/mol. The summed E-state index contributed by atoms with van der Waals surface area (Å²) in [6.07, 6.45) is 6.26. The largest absolute Gasteiger partial charge is 0.469 e. The SMILES string of the molecule is Nc1ccn2cc(Cc3ccco3)nc2c1. The van der Waals surface area contributed by atoms with Crippen molar-refractivity contribution in [3.8, 4) is 0 Å². The number of imidazole rings is 1. The van der Waals surface area contributed by atoms with E-state index in [1.54, 1.807) is 6.26 Å². The number of nitrogen functional groups attached to an aromatic ring is 1. The van der Waals surface area contributed by atoms with Crippen molar-refractivity contribution in [2.24, 2.45) is 0 Å². The second kappa shape index (κ2) is 3.41. The normalized spacial score (nSPS) is 11.0. The van der Waals surface area contributed by atoms with Crippen LogP contribution < -0.4 is 5.73 Å². The van der Waals surface area contributed by atoms with Crippen molar-refractivity contribution in [3.05, 3.63) is 54.4 Å². The fraction of sp³-hybridized carbons (Fsp3) is 0.0833. The number of fused-ring (bicyclic) bond motifs is 1. The molecule has 3 rings (SSSR count). The van der Waals surface area contributed by atoms with E-state index in [1.807, 2.05) is 41.1 Å². The first-order valence-electron chi connectivity index (χ1n) is 5.07. The Balaban J connectivity index is 1.99. The summed E-state index contributed by atoms with van der Waals surface area (Å²) < 4.78 is 7.24. The molecule has 0 fully saturated rings. The first kappa shape index (κ1) is 9.03. The fourth-order valence-corrected chi connectivity index (χ4v) is 1.73. The summed E-state index contributed by atoms with van der Waals surface area (Å²) in [5, 5.41) is 0. The van der Waals surface area contributed by atoms with Gasteiger partial charge in [-0.3, -0.25) is 0 Å². The highest BCUT2D eigenvalue weighted by atomic mass is 16.3. The standard InChI is InChI=1S/C12H11N3O/c13-9-3-4-15-8-10(14-12(15)6-9)7-11-2-1-5-16-11/h1-6,8H,7,13H2. The zero-order valence-corrected chi connectivity index (χ0v) is 8.63. The third-order valence-electron chi connectivity index (χ3n) is 2.47. The summed E-state index contributed by atoms with van der Waals surface area (Å²) in [5.41, 5.74) is 8.26. The van der Waals surface area contributed by atoms with Crippen LogP contribution in [-0.4, -0.2) is 9.38 Å². The number of nitrogens with zero attached hydrogens (tertiary/aromatic N) is 2. The summed E-state index contributed by atoms with van der Waals surface area (Å²) in [4.78, 5) is 4.47. The molecule has 0 bridgehead atoms. The third-order valence-corrected chi connectivity index (χ3v) is 2.47. The molecule has 0 aliphatic rings. The quantitative estimate of drug-likeness (QED) is 0.709. The lowest BCUT2D eigenvalue weighted by Gasteiger charge is -1.92. The molecule has 0 unspecified atom stereocenters. The minimum atomic E-state index is 0.703. The highest BCUT2D eigenvalue weighted by Gasteiger charge is 2.04. The van der Waals surface area contributed by atoms with Crippen molar-refractivity contribution in [2.75, 3.05) is 5.73 Å². The Morgan fingerprint density at radius 2 is 2.31 bits per heavy atom. The van der Waals surface area contributed by atoms with E-state index in [-0.39, 0.29) is 0 Å². The first-order valence-corrected chi connectivity index (χ1v) is 5.07. The highest BCUT2D eigenvalue weighted by Crippen LogP contribution is 2.13. The molecule has 0 saturated carbocycles. The van der Waals surface area contributed by atoms with Gasteiger partial charge in [0.1, 0.15) is 11.4 Å². The Labute approximate surface area is 92.3 Å². The van der Waals surface area contributed by atoms with Crippen LogP contribution >= 0.6 is 0 Å². The molecule has 4 heteroatoms. The summed E-state index contributed by atoms with van der Waals surface area (Å²) in [7, 11) is 0. The number of rotatable bonds is 2. The molecule has 4 nitrogen and oxygen atoms in total. The molecule has 0 atom stereocenters. The molecule has 0 aromatic carbocycles. The maximum atomic E-state index is 5.70. The van der Waals surface area contributed by atoms with E-state index in [1.165, 1.54) is 0 Å². The zero-order valence-electron chi connectivity index (χ0n) is 8.63. The average molecular weight is 213 g/mol. The minimum absolute atomic E-state index is 0.703.